The van der Waals surface area contributed by atoms with E-state index in [0.717, 1.165) is 17.8 Å². The first-order chi connectivity index (χ1) is 16.6. The normalized spacial score (nSPS) is 14.4. The highest BCUT2D eigenvalue weighted by Gasteiger charge is 2.07. The van der Waals surface area contributed by atoms with Crippen LogP contribution in [0.15, 0.2) is 0 Å². The van der Waals surface area contributed by atoms with Gasteiger partial charge in [0.25, 0.3) is 0 Å². The highest BCUT2D eigenvalue weighted by atomic mass is 14.1. The highest BCUT2D eigenvalue weighted by Crippen LogP contribution is 2.23. The molecule has 0 rings (SSSR count). The first-order valence-electron chi connectivity index (χ1n) is 16.6. The lowest BCUT2D eigenvalue weighted by atomic mass is 9.90. The van der Waals surface area contributed by atoms with Crippen molar-refractivity contribution >= 4 is 0 Å². The Morgan fingerprint density at radius 1 is 0.265 bits per heavy atom. The zero-order valence-corrected chi connectivity index (χ0v) is 25.1. The summed E-state index contributed by atoms with van der Waals surface area (Å²) in [5.41, 5.74) is 0. The van der Waals surface area contributed by atoms with Crippen LogP contribution < -0.4 is 0 Å². The van der Waals surface area contributed by atoms with Gasteiger partial charge in [-0.3, -0.25) is 0 Å². The molecule has 0 aromatic rings. The number of unbranched alkanes of at least 4 members (excludes halogenated alkanes) is 16. The maximum atomic E-state index is 2.51. The molecule has 0 bridgehead atoms. The van der Waals surface area contributed by atoms with Gasteiger partial charge in [0.05, 0.1) is 0 Å². The zero-order valence-electron chi connectivity index (χ0n) is 25.1. The zero-order chi connectivity index (χ0) is 25.1. The average molecular weight is 479 g/mol. The van der Waals surface area contributed by atoms with Crippen molar-refractivity contribution in [2.45, 2.75) is 202 Å². The minimum atomic E-state index is 0.945. The second kappa shape index (κ2) is 27.6. The molecule has 0 aliphatic rings. The van der Waals surface area contributed by atoms with Crippen LogP contribution in [0.1, 0.15) is 202 Å². The van der Waals surface area contributed by atoms with E-state index in [-0.39, 0.29) is 0 Å². The summed E-state index contributed by atoms with van der Waals surface area (Å²) in [5.74, 6) is 2.85. The highest BCUT2D eigenvalue weighted by molar-refractivity contribution is 4.61. The summed E-state index contributed by atoms with van der Waals surface area (Å²) in [6.07, 6.45) is 38.1. The second-order valence-corrected chi connectivity index (χ2v) is 12.4. The minimum absolute atomic E-state index is 0.945. The van der Waals surface area contributed by atoms with E-state index in [1.807, 2.05) is 0 Å². The molecule has 0 saturated carbocycles. The van der Waals surface area contributed by atoms with E-state index in [4.69, 9.17) is 0 Å². The van der Waals surface area contributed by atoms with Gasteiger partial charge >= 0.3 is 0 Å². The average Bonchev–Trinajstić information content (AvgIpc) is 2.82. The third-order valence-corrected chi connectivity index (χ3v) is 8.39. The van der Waals surface area contributed by atoms with Crippen LogP contribution in [0.5, 0.6) is 0 Å². The van der Waals surface area contributed by atoms with Gasteiger partial charge in [-0.05, 0) is 17.8 Å². The molecular formula is C34H70. The molecule has 0 aliphatic carbocycles. The molecule has 0 aliphatic heterocycles. The molecule has 0 fully saturated rings. The lowest BCUT2D eigenvalue weighted by Gasteiger charge is -2.16. The van der Waals surface area contributed by atoms with Gasteiger partial charge in [0.1, 0.15) is 0 Å². The van der Waals surface area contributed by atoms with Crippen molar-refractivity contribution in [3.8, 4) is 0 Å². The van der Waals surface area contributed by atoms with Crippen LogP contribution >= 0.6 is 0 Å². The van der Waals surface area contributed by atoms with E-state index in [1.54, 1.807) is 0 Å². The van der Waals surface area contributed by atoms with Gasteiger partial charge in [-0.15, -0.1) is 0 Å². The Balaban J connectivity index is 3.29. The van der Waals surface area contributed by atoms with Gasteiger partial charge in [-0.2, -0.15) is 0 Å². The summed E-state index contributed by atoms with van der Waals surface area (Å²) in [6, 6.07) is 0. The van der Waals surface area contributed by atoms with Crippen LogP contribution in [-0.2, 0) is 0 Å². The molecule has 3 atom stereocenters. The van der Waals surface area contributed by atoms with E-state index in [9.17, 15) is 0 Å². The van der Waals surface area contributed by atoms with Gasteiger partial charge in [-0.25, -0.2) is 0 Å². The van der Waals surface area contributed by atoms with E-state index in [0.29, 0.717) is 0 Å². The quantitative estimate of drug-likeness (QED) is 0.0980. The molecule has 0 amide bonds. The molecule has 0 heterocycles. The Morgan fingerprint density at radius 2 is 0.500 bits per heavy atom. The van der Waals surface area contributed by atoms with Crippen molar-refractivity contribution in [1.29, 1.82) is 0 Å². The van der Waals surface area contributed by atoms with Crippen LogP contribution in [0.4, 0.5) is 0 Å². The lowest BCUT2D eigenvalue weighted by molar-refractivity contribution is 0.375. The van der Waals surface area contributed by atoms with Gasteiger partial charge in [0.15, 0.2) is 0 Å². The summed E-state index contributed by atoms with van der Waals surface area (Å²) < 4.78 is 0. The Bertz CT molecular complexity index is 359. The Morgan fingerprint density at radius 3 is 0.824 bits per heavy atom. The van der Waals surface area contributed by atoms with Crippen LogP contribution in [-0.4, -0.2) is 0 Å². The molecule has 0 nitrogen and oxygen atoms in total. The topological polar surface area (TPSA) is 0 Å². The largest absolute Gasteiger partial charge is 0.0654 e. The number of rotatable bonds is 28. The molecule has 0 N–H and O–H groups in total. The minimum Gasteiger partial charge on any atom is -0.0654 e. The standard InChI is InChI=1S/C34H70/c1-6-8-10-11-12-13-14-15-16-17-18-19-20-21-22-23-27-33(4)29-25-31-34(5)30-24-28-32(3)26-9-7-2/h32-34H,6-31H2,1-5H3. The molecule has 34 heavy (non-hydrogen) atoms. The molecule has 0 radical (unpaired) electrons. The van der Waals surface area contributed by atoms with Crippen molar-refractivity contribution in [3.63, 3.8) is 0 Å². The summed E-state index contributed by atoms with van der Waals surface area (Å²) in [6.45, 7) is 12.1. The van der Waals surface area contributed by atoms with Crippen molar-refractivity contribution in [2.24, 2.45) is 17.8 Å². The predicted octanol–water partition coefficient (Wildman–Crippen LogP) is 13.1. The summed E-state index contributed by atoms with van der Waals surface area (Å²) in [5, 5.41) is 0. The van der Waals surface area contributed by atoms with Crippen LogP contribution in [0.2, 0.25) is 0 Å². The maximum absolute atomic E-state index is 2.51. The van der Waals surface area contributed by atoms with E-state index in [2.05, 4.69) is 34.6 Å². The van der Waals surface area contributed by atoms with Crippen LogP contribution in [0, 0.1) is 17.8 Å². The SMILES string of the molecule is CCCCCCCCCCCCCCCCCCC(C)CCCC(C)CCCC(C)CCCC. The Hall–Kier alpha value is 0. The van der Waals surface area contributed by atoms with Crippen LogP contribution in [0.3, 0.4) is 0 Å². The molecule has 0 heteroatoms. The molecule has 3 unspecified atom stereocenters. The fourth-order valence-electron chi connectivity index (χ4n) is 5.66. The van der Waals surface area contributed by atoms with Gasteiger partial charge < -0.3 is 0 Å². The van der Waals surface area contributed by atoms with Crippen molar-refractivity contribution in [1.82, 2.24) is 0 Å². The van der Waals surface area contributed by atoms with Gasteiger partial charge in [0, 0.05) is 0 Å². The lowest BCUT2D eigenvalue weighted by Crippen LogP contribution is -2.01. The van der Waals surface area contributed by atoms with Crippen molar-refractivity contribution < 1.29 is 0 Å². The van der Waals surface area contributed by atoms with Crippen molar-refractivity contribution in [2.75, 3.05) is 0 Å². The molecule has 0 aromatic carbocycles. The van der Waals surface area contributed by atoms with E-state index >= 15 is 0 Å². The summed E-state index contributed by atoms with van der Waals surface area (Å²) in [4.78, 5) is 0. The second-order valence-electron chi connectivity index (χ2n) is 12.4. The summed E-state index contributed by atoms with van der Waals surface area (Å²) >= 11 is 0. The molecule has 0 aromatic heterocycles. The number of hydrogen-bond acceptors (Lipinski definition) is 0. The van der Waals surface area contributed by atoms with Crippen LogP contribution in [0.25, 0.3) is 0 Å². The van der Waals surface area contributed by atoms with E-state index in [1.165, 1.54) is 167 Å². The first-order valence-corrected chi connectivity index (χ1v) is 16.6. The van der Waals surface area contributed by atoms with Crippen molar-refractivity contribution in [3.05, 3.63) is 0 Å². The fraction of sp³-hybridized carbons (Fsp3) is 1.00. The Kier molecular flexibility index (Phi) is 27.6. The van der Waals surface area contributed by atoms with Gasteiger partial charge in [0.2, 0.25) is 0 Å². The number of hydrogen-bond donors (Lipinski definition) is 0. The third-order valence-electron chi connectivity index (χ3n) is 8.39. The smallest absolute Gasteiger partial charge is 0.0443 e. The molecular weight excluding hydrogens is 408 g/mol. The first kappa shape index (κ1) is 34.0. The van der Waals surface area contributed by atoms with Gasteiger partial charge in [-0.1, -0.05) is 202 Å². The Labute approximate surface area is 219 Å². The predicted molar refractivity (Wildman–Crippen MR) is 159 cm³/mol. The molecule has 0 saturated heterocycles. The third kappa shape index (κ3) is 26.6. The molecule has 206 valence electrons. The van der Waals surface area contributed by atoms with E-state index < -0.39 is 0 Å². The summed E-state index contributed by atoms with van der Waals surface area (Å²) in [7, 11) is 0. The fourth-order valence-corrected chi connectivity index (χ4v) is 5.66. The monoisotopic (exact) mass is 479 g/mol. The maximum Gasteiger partial charge on any atom is -0.0443 e. The molecule has 0 spiro atoms.